The van der Waals surface area contributed by atoms with Crippen LogP contribution in [0, 0.1) is 0 Å². The number of benzene rings is 2. The Balaban J connectivity index is 1.73. The first kappa shape index (κ1) is 24.8. The van der Waals surface area contributed by atoms with E-state index in [0.29, 0.717) is 48.9 Å². The van der Waals surface area contributed by atoms with Crippen molar-refractivity contribution >= 4 is 17.4 Å². The Hall–Kier alpha value is -3.36. The zero-order valence-electron chi connectivity index (χ0n) is 20.4. The van der Waals surface area contributed by atoms with Gasteiger partial charge < -0.3 is 24.2 Å². The second-order valence-corrected chi connectivity index (χ2v) is 8.88. The van der Waals surface area contributed by atoms with E-state index in [4.69, 9.17) is 14.2 Å². The third-order valence-electron chi connectivity index (χ3n) is 6.23. The molecular formula is C27H32N2O6. The fourth-order valence-corrected chi connectivity index (χ4v) is 4.52. The monoisotopic (exact) mass is 480 g/mol. The summed E-state index contributed by atoms with van der Waals surface area (Å²) in [6.07, 6.45) is 0.0109. The Labute approximate surface area is 205 Å². The lowest BCUT2D eigenvalue weighted by Crippen LogP contribution is -2.42. The van der Waals surface area contributed by atoms with E-state index in [9.17, 15) is 14.7 Å². The SMILES string of the molecule is COc1ccccc1C1C(=C(O)c2ccc(OC(C)C)cc2)C(=O)C(=O)N1CCN1CCOCC1. The van der Waals surface area contributed by atoms with Crippen molar-refractivity contribution in [2.24, 2.45) is 0 Å². The van der Waals surface area contributed by atoms with Gasteiger partial charge in [-0.3, -0.25) is 14.5 Å². The van der Waals surface area contributed by atoms with E-state index >= 15 is 0 Å². The number of hydrogen-bond acceptors (Lipinski definition) is 7. The number of amides is 1. The highest BCUT2D eigenvalue weighted by Gasteiger charge is 2.47. The summed E-state index contributed by atoms with van der Waals surface area (Å²) in [5, 5.41) is 11.3. The lowest BCUT2D eigenvalue weighted by molar-refractivity contribution is -0.140. The van der Waals surface area contributed by atoms with Gasteiger partial charge in [0.1, 0.15) is 17.3 Å². The number of carbonyl (C=O) groups is 2. The van der Waals surface area contributed by atoms with Crippen LogP contribution in [0.2, 0.25) is 0 Å². The minimum absolute atomic E-state index is 0.0109. The standard InChI is InChI=1S/C27H32N2O6/c1-18(2)35-20-10-8-19(9-11-20)25(30)23-24(21-6-4-5-7-22(21)33-3)29(27(32)26(23)31)13-12-28-14-16-34-17-15-28/h4-11,18,24,30H,12-17H2,1-3H3. The summed E-state index contributed by atoms with van der Waals surface area (Å²) in [6.45, 7) is 7.63. The summed E-state index contributed by atoms with van der Waals surface area (Å²) in [4.78, 5) is 30.2. The summed E-state index contributed by atoms with van der Waals surface area (Å²) in [5.41, 5.74) is 1.14. The lowest BCUT2D eigenvalue weighted by Gasteiger charge is -2.31. The van der Waals surface area contributed by atoms with E-state index in [2.05, 4.69) is 4.90 Å². The van der Waals surface area contributed by atoms with E-state index in [1.807, 2.05) is 32.0 Å². The van der Waals surface area contributed by atoms with Gasteiger partial charge in [0.15, 0.2) is 0 Å². The molecule has 2 saturated heterocycles. The molecule has 1 N–H and O–H groups in total. The number of morpholine rings is 1. The molecule has 2 heterocycles. The molecule has 0 aliphatic carbocycles. The molecule has 2 fully saturated rings. The van der Waals surface area contributed by atoms with Gasteiger partial charge in [0.25, 0.3) is 11.7 Å². The van der Waals surface area contributed by atoms with Crippen LogP contribution < -0.4 is 9.47 Å². The zero-order valence-corrected chi connectivity index (χ0v) is 20.4. The van der Waals surface area contributed by atoms with E-state index in [0.717, 1.165) is 13.1 Å². The highest BCUT2D eigenvalue weighted by molar-refractivity contribution is 6.46. The number of ether oxygens (including phenoxy) is 3. The van der Waals surface area contributed by atoms with Gasteiger partial charge in [0.2, 0.25) is 0 Å². The predicted octanol–water partition coefficient (Wildman–Crippen LogP) is 3.24. The number of aliphatic hydroxyl groups excluding tert-OH is 1. The number of ketones is 1. The molecule has 1 amide bonds. The van der Waals surface area contributed by atoms with Crippen molar-refractivity contribution in [3.8, 4) is 11.5 Å². The first-order valence-corrected chi connectivity index (χ1v) is 11.9. The van der Waals surface area contributed by atoms with Gasteiger partial charge in [-0.1, -0.05) is 18.2 Å². The Bertz CT molecular complexity index is 1090. The predicted molar refractivity (Wildman–Crippen MR) is 131 cm³/mol. The molecule has 8 nitrogen and oxygen atoms in total. The molecule has 2 aliphatic heterocycles. The quantitative estimate of drug-likeness (QED) is 0.353. The summed E-state index contributed by atoms with van der Waals surface area (Å²) < 4.78 is 16.7. The van der Waals surface area contributed by atoms with Crippen LogP contribution in [0.1, 0.15) is 31.0 Å². The number of carbonyl (C=O) groups excluding carboxylic acids is 2. The molecule has 0 aromatic heterocycles. The molecule has 186 valence electrons. The minimum atomic E-state index is -0.765. The fourth-order valence-electron chi connectivity index (χ4n) is 4.52. The van der Waals surface area contributed by atoms with Crippen LogP contribution in [0.15, 0.2) is 54.1 Å². The van der Waals surface area contributed by atoms with Crippen LogP contribution in [0.5, 0.6) is 11.5 Å². The molecule has 35 heavy (non-hydrogen) atoms. The molecule has 1 atom stereocenters. The van der Waals surface area contributed by atoms with Gasteiger partial charge in [-0.2, -0.15) is 0 Å². The first-order valence-electron chi connectivity index (χ1n) is 11.9. The molecular weight excluding hydrogens is 448 g/mol. The van der Waals surface area contributed by atoms with Gasteiger partial charge >= 0.3 is 0 Å². The molecule has 4 rings (SSSR count). The van der Waals surface area contributed by atoms with Crippen LogP contribution in [-0.4, -0.2) is 79.2 Å². The highest BCUT2D eigenvalue weighted by atomic mass is 16.5. The molecule has 2 aromatic carbocycles. The number of rotatable bonds is 8. The largest absolute Gasteiger partial charge is 0.507 e. The maximum absolute atomic E-state index is 13.3. The third-order valence-corrected chi connectivity index (χ3v) is 6.23. The van der Waals surface area contributed by atoms with Crippen LogP contribution in [0.3, 0.4) is 0 Å². The third kappa shape index (κ3) is 5.33. The van der Waals surface area contributed by atoms with E-state index in [1.54, 1.807) is 37.4 Å². The van der Waals surface area contributed by atoms with Gasteiger partial charge in [0, 0.05) is 37.3 Å². The van der Waals surface area contributed by atoms with Crippen molar-refractivity contribution in [3.05, 3.63) is 65.2 Å². The molecule has 2 aromatic rings. The normalized spacial score (nSPS) is 20.5. The van der Waals surface area contributed by atoms with Crippen molar-refractivity contribution < 1.29 is 28.9 Å². The van der Waals surface area contributed by atoms with Crippen LogP contribution >= 0.6 is 0 Å². The Morgan fingerprint density at radius 3 is 2.40 bits per heavy atom. The second-order valence-electron chi connectivity index (χ2n) is 8.88. The average molecular weight is 481 g/mol. The van der Waals surface area contributed by atoms with Crippen molar-refractivity contribution in [1.29, 1.82) is 0 Å². The van der Waals surface area contributed by atoms with Crippen molar-refractivity contribution in [1.82, 2.24) is 9.80 Å². The number of likely N-dealkylation sites (tertiary alicyclic amines) is 1. The summed E-state index contributed by atoms with van der Waals surface area (Å²) >= 11 is 0. The fraction of sp³-hybridized carbons (Fsp3) is 0.407. The molecule has 0 radical (unpaired) electrons. The van der Waals surface area contributed by atoms with Crippen LogP contribution in [-0.2, 0) is 14.3 Å². The number of nitrogens with zero attached hydrogens (tertiary/aromatic N) is 2. The topological polar surface area (TPSA) is 88.5 Å². The van der Waals surface area contributed by atoms with Crippen molar-refractivity contribution in [2.75, 3.05) is 46.5 Å². The van der Waals surface area contributed by atoms with Crippen LogP contribution in [0.25, 0.3) is 5.76 Å². The molecule has 8 heteroatoms. The Kier molecular flexibility index (Phi) is 7.73. The summed E-state index contributed by atoms with van der Waals surface area (Å²) in [5.74, 6) is -0.353. The summed E-state index contributed by atoms with van der Waals surface area (Å²) in [7, 11) is 1.55. The highest BCUT2D eigenvalue weighted by Crippen LogP contribution is 2.42. The first-order chi connectivity index (χ1) is 16.9. The molecule has 1 unspecified atom stereocenters. The maximum atomic E-state index is 13.3. The Morgan fingerprint density at radius 2 is 1.74 bits per heavy atom. The van der Waals surface area contributed by atoms with Crippen molar-refractivity contribution in [3.63, 3.8) is 0 Å². The van der Waals surface area contributed by atoms with Gasteiger partial charge in [-0.25, -0.2) is 0 Å². The molecule has 0 spiro atoms. The van der Waals surface area contributed by atoms with E-state index in [1.165, 1.54) is 4.90 Å². The zero-order chi connectivity index (χ0) is 24.9. The van der Waals surface area contributed by atoms with Crippen molar-refractivity contribution in [2.45, 2.75) is 26.0 Å². The number of methoxy groups -OCH3 is 1. The van der Waals surface area contributed by atoms with Crippen LogP contribution in [0.4, 0.5) is 0 Å². The number of aliphatic hydroxyl groups is 1. The summed E-state index contributed by atoms with van der Waals surface area (Å²) in [6, 6.07) is 13.4. The number of Topliss-reactive ketones (excluding diaryl/α,β-unsaturated/α-hetero) is 1. The van der Waals surface area contributed by atoms with E-state index < -0.39 is 17.7 Å². The second kappa shape index (κ2) is 10.9. The van der Waals surface area contributed by atoms with Gasteiger partial charge in [-0.05, 0) is 44.2 Å². The van der Waals surface area contributed by atoms with E-state index in [-0.39, 0.29) is 17.4 Å². The molecule has 0 bridgehead atoms. The molecule has 2 aliphatic rings. The number of hydrogen-bond donors (Lipinski definition) is 1. The maximum Gasteiger partial charge on any atom is 0.295 e. The average Bonchev–Trinajstić information content (AvgIpc) is 3.12. The number of para-hydroxylation sites is 1. The minimum Gasteiger partial charge on any atom is -0.507 e. The van der Waals surface area contributed by atoms with Gasteiger partial charge in [-0.15, -0.1) is 0 Å². The lowest BCUT2D eigenvalue weighted by atomic mass is 9.94. The molecule has 0 saturated carbocycles. The smallest absolute Gasteiger partial charge is 0.295 e. The Morgan fingerprint density at radius 1 is 1.06 bits per heavy atom. The van der Waals surface area contributed by atoms with Gasteiger partial charge in [0.05, 0.1) is 38.0 Å².